The molecule has 0 aliphatic carbocycles. The summed E-state index contributed by atoms with van der Waals surface area (Å²) in [4.78, 5) is 31.2. The van der Waals surface area contributed by atoms with Crippen LogP contribution in [0, 0.1) is 13.8 Å². The molecule has 5 heteroatoms. The average molecular weight is 307 g/mol. The number of rotatable bonds is 2. The monoisotopic (exact) mass is 307 g/mol. The van der Waals surface area contributed by atoms with E-state index in [4.69, 9.17) is 0 Å². The first-order chi connectivity index (χ1) is 10.9. The lowest BCUT2D eigenvalue weighted by molar-refractivity contribution is -0.114. The Morgan fingerprint density at radius 2 is 1.78 bits per heavy atom. The Balaban J connectivity index is 2.26. The molecule has 0 bridgehead atoms. The van der Waals surface area contributed by atoms with Crippen LogP contribution in [0.5, 0.6) is 0 Å². The molecule has 2 N–H and O–H groups in total. The van der Waals surface area contributed by atoms with Crippen molar-refractivity contribution in [2.75, 3.05) is 5.32 Å². The molecule has 1 amide bonds. The van der Waals surface area contributed by atoms with Crippen LogP contribution in [-0.2, 0) is 4.79 Å². The summed E-state index contributed by atoms with van der Waals surface area (Å²) in [6.45, 7) is 5.32. The normalized spacial score (nSPS) is 10.7. The predicted octanol–water partition coefficient (Wildman–Crippen LogP) is 3.17. The first-order valence-corrected chi connectivity index (χ1v) is 7.33. The number of aromatic nitrogens is 2. The second-order valence-electron chi connectivity index (χ2n) is 5.67. The molecular weight excluding hydrogens is 290 g/mol. The van der Waals surface area contributed by atoms with E-state index in [-0.39, 0.29) is 11.5 Å². The van der Waals surface area contributed by atoms with Gasteiger partial charge in [0.25, 0.3) is 5.56 Å². The number of fused-ring (bicyclic) bond motifs is 1. The van der Waals surface area contributed by atoms with Gasteiger partial charge in [-0.1, -0.05) is 17.7 Å². The number of hydrogen-bond donors (Lipinski definition) is 2. The van der Waals surface area contributed by atoms with Gasteiger partial charge >= 0.3 is 0 Å². The highest BCUT2D eigenvalue weighted by Gasteiger charge is 2.13. The number of amides is 1. The molecular formula is C18H17N3O2. The molecule has 0 aliphatic rings. The van der Waals surface area contributed by atoms with Crippen LogP contribution in [0.3, 0.4) is 0 Å². The Hall–Kier alpha value is -2.95. The number of aryl methyl sites for hydroxylation is 2. The van der Waals surface area contributed by atoms with Crippen molar-refractivity contribution in [2.45, 2.75) is 20.8 Å². The van der Waals surface area contributed by atoms with Gasteiger partial charge in [-0.2, -0.15) is 0 Å². The molecule has 0 radical (unpaired) electrons. The standard InChI is InChI=1S/C18H17N3O2/c1-10-4-6-14(19-12(3)22)13(8-10)17-18(23)21-16-9-11(2)5-7-15(16)20-17/h4-9H,1-3H3,(H,19,22)(H,21,23). The molecule has 0 atom stereocenters. The summed E-state index contributed by atoms with van der Waals surface area (Å²) in [5.41, 5.74) is 4.66. The third kappa shape index (κ3) is 2.99. The highest BCUT2D eigenvalue weighted by Crippen LogP contribution is 2.26. The van der Waals surface area contributed by atoms with Crippen LogP contribution in [-0.4, -0.2) is 15.9 Å². The molecule has 23 heavy (non-hydrogen) atoms. The Morgan fingerprint density at radius 1 is 1.09 bits per heavy atom. The summed E-state index contributed by atoms with van der Waals surface area (Å²) in [7, 11) is 0. The number of anilines is 1. The van der Waals surface area contributed by atoms with Crippen molar-refractivity contribution in [1.82, 2.24) is 9.97 Å². The minimum Gasteiger partial charge on any atom is -0.326 e. The van der Waals surface area contributed by atoms with Crippen LogP contribution >= 0.6 is 0 Å². The lowest BCUT2D eigenvalue weighted by atomic mass is 10.1. The molecule has 0 aliphatic heterocycles. The molecule has 5 nitrogen and oxygen atoms in total. The van der Waals surface area contributed by atoms with Gasteiger partial charge in [0.05, 0.1) is 16.7 Å². The summed E-state index contributed by atoms with van der Waals surface area (Å²) in [6.07, 6.45) is 0. The zero-order valence-electron chi connectivity index (χ0n) is 13.2. The topological polar surface area (TPSA) is 74.8 Å². The maximum absolute atomic E-state index is 12.5. The fraction of sp³-hybridized carbons (Fsp3) is 0.167. The molecule has 3 rings (SSSR count). The second kappa shape index (κ2) is 5.68. The van der Waals surface area contributed by atoms with Crippen LogP contribution in [0.25, 0.3) is 22.3 Å². The van der Waals surface area contributed by atoms with E-state index >= 15 is 0 Å². The summed E-state index contributed by atoms with van der Waals surface area (Å²) < 4.78 is 0. The van der Waals surface area contributed by atoms with Gasteiger partial charge in [-0.15, -0.1) is 0 Å². The van der Waals surface area contributed by atoms with Crippen molar-refractivity contribution in [3.63, 3.8) is 0 Å². The highest BCUT2D eigenvalue weighted by atomic mass is 16.1. The number of carbonyl (C=O) groups excluding carboxylic acids is 1. The van der Waals surface area contributed by atoms with Crippen LogP contribution < -0.4 is 10.9 Å². The van der Waals surface area contributed by atoms with Gasteiger partial charge in [0.1, 0.15) is 5.69 Å². The van der Waals surface area contributed by atoms with E-state index in [1.54, 1.807) is 6.07 Å². The fourth-order valence-corrected chi connectivity index (χ4v) is 2.54. The van der Waals surface area contributed by atoms with Gasteiger partial charge in [-0.25, -0.2) is 4.98 Å². The van der Waals surface area contributed by atoms with Crippen molar-refractivity contribution >= 4 is 22.6 Å². The molecule has 3 aromatic rings. The summed E-state index contributed by atoms with van der Waals surface area (Å²) in [5, 5.41) is 2.75. The Kier molecular flexibility index (Phi) is 3.70. The van der Waals surface area contributed by atoms with Crippen LogP contribution in [0.1, 0.15) is 18.1 Å². The maximum atomic E-state index is 12.5. The average Bonchev–Trinajstić information content (AvgIpc) is 2.48. The van der Waals surface area contributed by atoms with E-state index in [2.05, 4.69) is 15.3 Å². The Morgan fingerprint density at radius 3 is 2.52 bits per heavy atom. The summed E-state index contributed by atoms with van der Waals surface area (Å²) >= 11 is 0. The Bertz CT molecular complexity index is 974. The maximum Gasteiger partial charge on any atom is 0.275 e. The fourth-order valence-electron chi connectivity index (χ4n) is 2.54. The summed E-state index contributed by atoms with van der Waals surface area (Å²) in [6, 6.07) is 11.2. The van der Waals surface area contributed by atoms with Crippen LogP contribution in [0.15, 0.2) is 41.2 Å². The van der Waals surface area contributed by atoms with Crippen molar-refractivity contribution in [3.05, 3.63) is 57.9 Å². The number of benzene rings is 2. The van der Waals surface area contributed by atoms with Gasteiger partial charge in [-0.05, 0) is 43.7 Å². The summed E-state index contributed by atoms with van der Waals surface area (Å²) in [5.74, 6) is -0.192. The largest absolute Gasteiger partial charge is 0.326 e. The van der Waals surface area contributed by atoms with Crippen molar-refractivity contribution in [1.29, 1.82) is 0 Å². The number of hydrogen-bond acceptors (Lipinski definition) is 3. The molecule has 2 aromatic carbocycles. The molecule has 0 saturated carbocycles. The SMILES string of the molecule is CC(=O)Nc1ccc(C)cc1-c1nc2ccc(C)cc2[nH]c1=O. The Labute approximate surface area is 133 Å². The van der Waals surface area contributed by atoms with Gasteiger partial charge in [0.2, 0.25) is 5.91 Å². The van der Waals surface area contributed by atoms with Crippen LogP contribution in [0.2, 0.25) is 0 Å². The number of nitrogens with one attached hydrogen (secondary N) is 2. The van der Waals surface area contributed by atoms with Crippen molar-refractivity contribution < 1.29 is 4.79 Å². The second-order valence-corrected chi connectivity index (χ2v) is 5.67. The lowest BCUT2D eigenvalue weighted by Crippen LogP contribution is -2.14. The van der Waals surface area contributed by atoms with E-state index in [9.17, 15) is 9.59 Å². The number of H-pyrrole nitrogens is 1. The smallest absolute Gasteiger partial charge is 0.275 e. The van der Waals surface area contributed by atoms with Crippen LogP contribution in [0.4, 0.5) is 5.69 Å². The molecule has 1 aromatic heterocycles. The van der Waals surface area contributed by atoms with E-state index in [1.807, 2.05) is 44.2 Å². The van der Waals surface area contributed by atoms with E-state index < -0.39 is 0 Å². The molecule has 1 heterocycles. The molecule has 116 valence electrons. The number of aromatic amines is 1. The molecule has 0 spiro atoms. The van der Waals surface area contributed by atoms with E-state index in [0.717, 1.165) is 11.1 Å². The van der Waals surface area contributed by atoms with E-state index in [0.29, 0.717) is 28.0 Å². The predicted molar refractivity (Wildman–Crippen MR) is 91.6 cm³/mol. The number of carbonyl (C=O) groups is 1. The minimum absolute atomic E-state index is 0.192. The zero-order chi connectivity index (χ0) is 16.6. The minimum atomic E-state index is -0.277. The zero-order valence-corrected chi connectivity index (χ0v) is 13.2. The van der Waals surface area contributed by atoms with Gasteiger partial charge < -0.3 is 10.3 Å². The lowest BCUT2D eigenvalue weighted by Gasteiger charge is -2.11. The third-order valence-corrected chi connectivity index (χ3v) is 3.59. The van der Waals surface area contributed by atoms with Gasteiger partial charge in [0, 0.05) is 12.5 Å². The van der Waals surface area contributed by atoms with E-state index in [1.165, 1.54) is 6.92 Å². The van der Waals surface area contributed by atoms with Crippen molar-refractivity contribution in [2.24, 2.45) is 0 Å². The highest BCUT2D eigenvalue weighted by molar-refractivity contribution is 5.94. The van der Waals surface area contributed by atoms with Gasteiger partial charge in [0.15, 0.2) is 0 Å². The molecule has 0 unspecified atom stereocenters. The van der Waals surface area contributed by atoms with Gasteiger partial charge in [-0.3, -0.25) is 9.59 Å². The molecule has 0 fully saturated rings. The quantitative estimate of drug-likeness (QED) is 0.763. The first kappa shape index (κ1) is 15.0. The first-order valence-electron chi connectivity index (χ1n) is 7.33. The molecule has 0 saturated heterocycles. The van der Waals surface area contributed by atoms with Crippen molar-refractivity contribution in [3.8, 4) is 11.3 Å². The number of nitrogens with zero attached hydrogens (tertiary/aromatic N) is 1. The third-order valence-electron chi connectivity index (χ3n) is 3.59.